The molecular formula is C17H14F3N3O2. The minimum atomic E-state index is -1.17. The Bertz CT molecular complexity index is 855. The molecule has 0 fully saturated rings. The molecule has 1 aliphatic rings. The van der Waals surface area contributed by atoms with Crippen LogP contribution in [0, 0.1) is 23.4 Å². The van der Waals surface area contributed by atoms with Crippen molar-refractivity contribution in [2.75, 3.05) is 11.4 Å². The lowest BCUT2D eigenvalue weighted by molar-refractivity contribution is -0.125. The maximum Gasteiger partial charge on any atom is 0.237 e. The van der Waals surface area contributed by atoms with E-state index in [9.17, 15) is 22.8 Å². The van der Waals surface area contributed by atoms with Gasteiger partial charge < -0.3 is 5.73 Å². The van der Waals surface area contributed by atoms with Gasteiger partial charge in [-0.3, -0.25) is 14.5 Å². The van der Waals surface area contributed by atoms with Crippen LogP contribution in [-0.4, -0.2) is 23.3 Å². The van der Waals surface area contributed by atoms with Crippen LogP contribution in [0.4, 0.5) is 19.0 Å². The molecule has 2 heterocycles. The number of carbonyl (C=O) groups is 2. The van der Waals surface area contributed by atoms with Crippen molar-refractivity contribution in [1.29, 1.82) is 0 Å². The number of amides is 2. The van der Waals surface area contributed by atoms with Gasteiger partial charge in [-0.25, -0.2) is 18.2 Å². The van der Waals surface area contributed by atoms with Gasteiger partial charge in [0.1, 0.15) is 18.2 Å². The minimum absolute atomic E-state index is 0.153. The number of pyridine rings is 1. The second-order valence-corrected chi connectivity index (χ2v) is 5.87. The Kier molecular flexibility index (Phi) is 4.20. The second-order valence-electron chi connectivity index (χ2n) is 5.87. The number of carbonyl (C=O) groups excluding carboxylic acids is 2. The van der Waals surface area contributed by atoms with Crippen LogP contribution in [0.5, 0.6) is 0 Å². The summed E-state index contributed by atoms with van der Waals surface area (Å²) in [6.45, 7) is 1.03. The molecule has 2 atom stereocenters. The van der Waals surface area contributed by atoms with Crippen LogP contribution >= 0.6 is 0 Å². The molecule has 2 amide bonds. The third kappa shape index (κ3) is 2.84. The van der Waals surface area contributed by atoms with Gasteiger partial charge in [0.05, 0.1) is 6.20 Å². The lowest BCUT2D eigenvalue weighted by atomic mass is 9.78. The summed E-state index contributed by atoms with van der Waals surface area (Å²) in [6.07, 6.45) is 0.646. The van der Waals surface area contributed by atoms with Gasteiger partial charge in [-0.15, -0.1) is 0 Å². The summed E-state index contributed by atoms with van der Waals surface area (Å²) in [5, 5.41) is 0. The van der Waals surface area contributed by atoms with Gasteiger partial charge in [-0.2, -0.15) is 0 Å². The summed E-state index contributed by atoms with van der Waals surface area (Å²) in [5.74, 6) is -5.98. The molecule has 1 aliphatic heterocycles. The van der Waals surface area contributed by atoms with E-state index in [-0.39, 0.29) is 11.4 Å². The summed E-state index contributed by atoms with van der Waals surface area (Å²) >= 11 is 0. The van der Waals surface area contributed by atoms with E-state index >= 15 is 0 Å². The zero-order valence-electron chi connectivity index (χ0n) is 13.2. The molecule has 130 valence electrons. The van der Waals surface area contributed by atoms with Gasteiger partial charge in [0.25, 0.3) is 0 Å². The van der Waals surface area contributed by atoms with E-state index in [1.165, 1.54) is 31.2 Å². The van der Waals surface area contributed by atoms with Crippen molar-refractivity contribution in [2.24, 2.45) is 11.7 Å². The molecule has 25 heavy (non-hydrogen) atoms. The van der Waals surface area contributed by atoms with E-state index in [1.54, 1.807) is 0 Å². The van der Waals surface area contributed by atoms with Crippen molar-refractivity contribution < 1.29 is 22.8 Å². The summed E-state index contributed by atoms with van der Waals surface area (Å²) < 4.78 is 41.5. The molecule has 5 nitrogen and oxygen atoms in total. The highest BCUT2D eigenvalue weighted by molar-refractivity contribution is 6.02. The first-order chi connectivity index (χ1) is 11.8. The van der Waals surface area contributed by atoms with E-state index in [0.29, 0.717) is 11.8 Å². The molecule has 2 aromatic rings. The van der Waals surface area contributed by atoms with E-state index in [1.807, 2.05) is 0 Å². The van der Waals surface area contributed by atoms with Crippen LogP contribution in [0.2, 0.25) is 0 Å². The topological polar surface area (TPSA) is 76.3 Å². The standard InChI is InChI=1S/C17H14F3N3O2/c1-8-13(9-2-4-10(18)5-3-9)14-15(20)11(19)6-22-16(14)23(17(8)25)7-12(21)24/h2-6,8,13H,7H2,1H3,(H2,21,24)/t8?,13-/m1/s1. The highest BCUT2D eigenvalue weighted by atomic mass is 19.2. The number of hydrogen-bond acceptors (Lipinski definition) is 3. The fourth-order valence-corrected chi connectivity index (χ4v) is 3.14. The van der Waals surface area contributed by atoms with Gasteiger partial charge in [0, 0.05) is 17.4 Å². The second kappa shape index (κ2) is 6.19. The fourth-order valence-electron chi connectivity index (χ4n) is 3.14. The number of aromatic nitrogens is 1. The van der Waals surface area contributed by atoms with E-state index in [4.69, 9.17) is 5.73 Å². The number of nitrogens with zero attached hydrogens (tertiary/aromatic N) is 2. The molecule has 2 N–H and O–H groups in total. The molecule has 0 spiro atoms. The number of nitrogens with two attached hydrogens (primary N) is 1. The molecule has 0 bridgehead atoms. The Hall–Kier alpha value is -2.90. The molecule has 0 saturated heterocycles. The first-order valence-corrected chi connectivity index (χ1v) is 7.50. The zero-order chi connectivity index (χ0) is 18.3. The van der Waals surface area contributed by atoms with E-state index in [2.05, 4.69) is 4.98 Å². The number of fused-ring (bicyclic) bond motifs is 1. The Morgan fingerprint density at radius 2 is 1.88 bits per heavy atom. The first-order valence-electron chi connectivity index (χ1n) is 7.50. The molecule has 0 radical (unpaired) electrons. The number of anilines is 1. The third-order valence-electron chi connectivity index (χ3n) is 4.25. The quantitative estimate of drug-likeness (QED) is 0.922. The fraction of sp³-hybridized carbons (Fsp3) is 0.235. The molecule has 3 rings (SSSR count). The lowest BCUT2D eigenvalue weighted by Gasteiger charge is -2.37. The number of halogens is 3. The zero-order valence-corrected chi connectivity index (χ0v) is 13.2. The first kappa shape index (κ1) is 16.9. The Morgan fingerprint density at radius 3 is 2.48 bits per heavy atom. The van der Waals surface area contributed by atoms with Crippen molar-refractivity contribution in [3.8, 4) is 0 Å². The predicted octanol–water partition coefficient (Wildman–Crippen LogP) is 2.10. The van der Waals surface area contributed by atoms with Gasteiger partial charge in [-0.1, -0.05) is 19.1 Å². The Balaban J connectivity index is 2.23. The number of hydrogen-bond donors (Lipinski definition) is 1. The average molecular weight is 349 g/mol. The molecule has 0 saturated carbocycles. The Morgan fingerprint density at radius 1 is 1.24 bits per heavy atom. The number of primary amides is 1. The lowest BCUT2D eigenvalue weighted by Crippen LogP contribution is -2.47. The third-order valence-corrected chi connectivity index (χ3v) is 4.25. The normalized spacial score (nSPS) is 19.7. The van der Waals surface area contributed by atoms with Crippen molar-refractivity contribution in [2.45, 2.75) is 12.8 Å². The summed E-state index contributed by atoms with van der Waals surface area (Å²) in [4.78, 5) is 28.7. The van der Waals surface area contributed by atoms with Crippen LogP contribution < -0.4 is 10.6 Å². The summed E-state index contributed by atoms with van der Waals surface area (Å²) in [5.41, 5.74) is 5.43. The van der Waals surface area contributed by atoms with E-state index in [0.717, 1.165) is 4.90 Å². The van der Waals surface area contributed by atoms with Crippen molar-refractivity contribution >= 4 is 17.6 Å². The molecule has 1 aromatic heterocycles. The van der Waals surface area contributed by atoms with Crippen molar-refractivity contribution in [3.63, 3.8) is 0 Å². The summed E-state index contributed by atoms with van der Waals surface area (Å²) in [7, 11) is 0. The number of rotatable bonds is 3. The molecule has 1 aromatic carbocycles. The largest absolute Gasteiger partial charge is 0.368 e. The van der Waals surface area contributed by atoms with Crippen LogP contribution in [0.25, 0.3) is 0 Å². The molecule has 1 unspecified atom stereocenters. The predicted molar refractivity (Wildman–Crippen MR) is 83.1 cm³/mol. The summed E-state index contributed by atoms with van der Waals surface area (Å²) in [6, 6.07) is 5.16. The van der Waals surface area contributed by atoms with Crippen molar-refractivity contribution in [3.05, 3.63) is 59.0 Å². The van der Waals surface area contributed by atoms with Gasteiger partial charge >= 0.3 is 0 Å². The molecular weight excluding hydrogens is 335 g/mol. The van der Waals surface area contributed by atoms with Crippen LogP contribution in [0.15, 0.2) is 30.5 Å². The smallest absolute Gasteiger partial charge is 0.237 e. The van der Waals surface area contributed by atoms with E-state index < -0.39 is 47.6 Å². The highest BCUT2D eigenvalue weighted by Crippen LogP contribution is 2.43. The Labute approximate surface area is 141 Å². The maximum atomic E-state index is 14.6. The molecule has 8 heteroatoms. The SMILES string of the molecule is CC1C(=O)N(CC(N)=O)c2ncc(F)c(F)c2[C@H]1c1ccc(F)cc1. The highest BCUT2D eigenvalue weighted by Gasteiger charge is 2.42. The van der Waals surface area contributed by atoms with Gasteiger partial charge in [0.2, 0.25) is 11.8 Å². The van der Waals surface area contributed by atoms with Gasteiger partial charge in [-0.05, 0) is 17.7 Å². The van der Waals surface area contributed by atoms with Gasteiger partial charge in [0.15, 0.2) is 11.6 Å². The molecule has 0 aliphatic carbocycles. The van der Waals surface area contributed by atoms with Crippen LogP contribution in [-0.2, 0) is 9.59 Å². The van der Waals surface area contributed by atoms with Crippen LogP contribution in [0.3, 0.4) is 0 Å². The number of benzene rings is 1. The minimum Gasteiger partial charge on any atom is -0.368 e. The van der Waals surface area contributed by atoms with Crippen molar-refractivity contribution in [1.82, 2.24) is 4.98 Å². The van der Waals surface area contributed by atoms with Crippen LogP contribution in [0.1, 0.15) is 24.0 Å². The monoisotopic (exact) mass is 349 g/mol. The maximum absolute atomic E-state index is 14.6. The average Bonchev–Trinajstić information content (AvgIpc) is 2.57.